The van der Waals surface area contributed by atoms with Gasteiger partial charge in [-0.3, -0.25) is 4.79 Å². The first-order valence-electron chi connectivity index (χ1n) is 8.72. The molecule has 0 spiro atoms. The number of amides is 1. The standard InChI is InChI=1S/C20H24N2O5/c1-5-26-20(25)18-12(2)17(14(4)22-18)19(24)27-11-16(23)21-13(3)15-9-7-6-8-10-15/h6-10,13,22H,5,11H2,1-4H3,(H,21,23)/t13-/m1/s1. The molecular formula is C20H24N2O5. The summed E-state index contributed by atoms with van der Waals surface area (Å²) in [6, 6.07) is 9.27. The number of carbonyl (C=O) groups excluding carboxylic acids is 3. The number of aromatic amines is 1. The second kappa shape index (κ2) is 9.02. The minimum Gasteiger partial charge on any atom is -0.461 e. The first-order chi connectivity index (χ1) is 12.8. The summed E-state index contributed by atoms with van der Waals surface area (Å²) in [6.07, 6.45) is 0. The molecule has 0 fully saturated rings. The third kappa shape index (κ3) is 4.97. The molecule has 0 radical (unpaired) electrons. The van der Waals surface area contributed by atoms with E-state index in [9.17, 15) is 14.4 Å². The van der Waals surface area contributed by atoms with E-state index in [0.29, 0.717) is 11.3 Å². The van der Waals surface area contributed by atoms with Crippen molar-refractivity contribution in [3.8, 4) is 0 Å². The lowest BCUT2D eigenvalue weighted by atomic mass is 10.1. The van der Waals surface area contributed by atoms with Crippen LogP contribution in [0.5, 0.6) is 0 Å². The van der Waals surface area contributed by atoms with Crippen molar-refractivity contribution in [1.82, 2.24) is 10.3 Å². The van der Waals surface area contributed by atoms with E-state index >= 15 is 0 Å². The van der Waals surface area contributed by atoms with Gasteiger partial charge in [-0.1, -0.05) is 30.3 Å². The lowest BCUT2D eigenvalue weighted by Gasteiger charge is -2.14. The largest absolute Gasteiger partial charge is 0.461 e. The molecule has 0 saturated heterocycles. The van der Waals surface area contributed by atoms with Crippen LogP contribution in [0.1, 0.15) is 57.6 Å². The van der Waals surface area contributed by atoms with Gasteiger partial charge in [-0.25, -0.2) is 9.59 Å². The Morgan fingerprint density at radius 2 is 1.74 bits per heavy atom. The van der Waals surface area contributed by atoms with E-state index in [1.54, 1.807) is 20.8 Å². The molecule has 7 nitrogen and oxygen atoms in total. The van der Waals surface area contributed by atoms with Crippen molar-refractivity contribution in [2.75, 3.05) is 13.2 Å². The molecule has 0 bridgehead atoms. The summed E-state index contributed by atoms with van der Waals surface area (Å²) in [5, 5.41) is 2.77. The number of hydrogen-bond donors (Lipinski definition) is 2. The van der Waals surface area contributed by atoms with Crippen LogP contribution in [0.4, 0.5) is 0 Å². The number of ether oxygens (including phenoxy) is 2. The minimum atomic E-state index is -0.667. The van der Waals surface area contributed by atoms with Crippen LogP contribution in [-0.4, -0.2) is 36.0 Å². The van der Waals surface area contributed by atoms with Gasteiger partial charge in [0, 0.05) is 5.69 Å². The average molecular weight is 372 g/mol. The molecule has 1 atom stereocenters. The van der Waals surface area contributed by atoms with E-state index in [4.69, 9.17) is 9.47 Å². The number of esters is 2. The highest BCUT2D eigenvalue weighted by Gasteiger charge is 2.24. The molecule has 0 aliphatic carbocycles. The maximum Gasteiger partial charge on any atom is 0.355 e. The van der Waals surface area contributed by atoms with Crippen LogP contribution in [-0.2, 0) is 14.3 Å². The smallest absolute Gasteiger partial charge is 0.355 e. The summed E-state index contributed by atoms with van der Waals surface area (Å²) in [4.78, 5) is 39.2. The average Bonchev–Trinajstić information content (AvgIpc) is 2.95. The van der Waals surface area contributed by atoms with Gasteiger partial charge in [0.25, 0.3) is 5.91 Å². The molecule has 1 aromatic heterocycles. The fraction of sp³-hybridized carbons (Fsp3) is 0.350. The fourth-order valence-corrected chi connectivity index (χ4v) is 2.78. The topological polar surface area (TPSA) is 97.5 Å². The van der Waals surface area contributed by atoms with Crippen LogP contribution in [0.15, 0.2) is 30.3 Å². The van der Waals surface area contributed by atoms with E-state index in [-0.39, 0.29) is 23.9 Å². The lowest BCUT2D eigenvalue weighted by Crippen LogP contribution is -2.31. The number of hydrogen-bond acceptors (Lipinski definition) is 5. The van der Waals surface area contributed by atoms with Crippen LogP contribution in [0.2, 0.25) is 0 Å². The summed E-state index contributed by atoms with van der Waals surface area (Å²) in [5.41, 5.74) is 2.33. The molecule has 0 unspecified atom stereocenters. The molecule has 27 heavy (non-hydrogen) atoms. The zero-order valence-electron chi connectivity index (χ0n) is 15.9. The molecule has 1 heterocycles. The van der Waals surface area contributed by atoms with E-state index in [1.165, 1.54) is 0 Å². The summed E-state index contributed by atoms with van der Waals surface area (Å²) < 4.78 is 10.1. The second-order valence-electron chi connectivity index (χ2n) is 6.12. The summed E-state index contributed by atoms with van der Waals surface area (Å²) in [6.45, 7) is 6.66. The van der Waals surface area contributed by atoms with Crippen molar-refractivity contribution < 1.29 is 23.9 Å². The minimum absolute atomic E-state index is 0.205. The maximum absolute atomic E-state index is 12.4. The van der Waals surface area contributed by atoms with Gasteiger partial charge >= 0.3 is 11.9 Å². The van der Waals surface area contributed by atoms with Gasteiger partial charge in [0.2, 0.25) is 0 Å². The van der Waals surface area contributed by atoms with Crippen LogP contribution in [0.3, 0.4) is 0 Å². The van der Waals surface area contributed by atoms with Crippen molar-refractivity contribution >= 4 is 17.8 Å². The van der Waals surface area contributed by atoms with Crippen molar-refractivity contribution in [3.63, 3.8) is 0 Å². The van der Waals surface area contributed by atoms with Crippen molar-refractivity contribution in [1.29, 1.82) is 0 Å². The zero-order valence-corrected chi connectivity index (χ0v) is 15.9. The van der Waals surface area contributed by atoms with Gasteiger partial charge in [0.1, 0.15) is 5.69 Å². The number of benzene rings is 1. The van der Waals surface area contributed by atoms with Crippen molar-refractivity contribution in [3.05, 3.63) is 58.4 Å². The Morgan fingerprint density at radius 1 is 1.07 bits per heavy atom. The summed E-state index contributed by atoms with van der Waals surface area (Å²) in [7, 11) is 0. The highest BCUT2D eigenvalue weighted by atomic mass is 16.5. The third-order valence-corrected chi connectivity index (χ3v) is 4.13. The number of H-pyrrole nitrogens is 1. The number of rotatable bonds is 7. The maximum atomic E-state index is 12.4. The van der Waals surface area contributed by atoms with E-state index in [2.05, 4.69) is 10.3 Å². The molecule has 0 aliphatic heterocycles. The van der Waals surface area contributed by atoms with Crippen LogP contribution < -0.4 is 5.32 Å². The third-order valence-electron chi connectivity index (χ3n) is 4.13. The molecule has 7 heteroatoms. The Morgan fingerprint density at radius 3 is 2.37 bits per heavy atom. The Balaban J connectivity index is 1.97. The SMILES string of the molecule is CCOC(=O)c1[nH]c(C)c(C(=O)OCC(=O)N[C@H](C)c2ccccc2)c1C. The molecule has 0 saturated carbocycles. The Bertz CT molecular complexity index is 826. The van der Waals surface area contributed by atoms with Gasteiger partial charge in [-0.15, -0.1) is 0 Å². The van der Waals surface area contributed by atoms with Gasteiger partial charge < -0.3 is 19.8 Å². The number of nitrogens with one attached hydrogen (secondary N) is 2. The first-order valence-corrected chi connectivity index (χ1v) is 8.72. The van der Waals surface area contributed by atoms with Crippen molar-refractivity contribution in [2.24, 2.45) is 0 Å². The predicted octanol–water partition coefficient (Wildman–Crippen LogP) is 2.84. The summed E-state index contributed by atoms with van der Waals surface area (Å²) >= 11 is 0. The van der Waals surface area contributed by atoms with E-state index in [0.717, 1.165) is 5.56 Å². The second-order valence-corrected chi connectivity index (χ2v) is 6.12. The van der Waals surface area contributed by atoms with Crippen LogP contribution in [0.25, 0.3) is 0 Å². The van der Waals surface area contributed by atoms with Crippen LogP contribution in [0, 0.1) is 13.8 Å². The quantitative estimate of drug-likeness (QED) is 0.729. The molecule has 0 aliphatic rings. The zero-order chi connectivity index (χ0) is 20.0. The van der Waals surface area contributed by atoms with E-state index < -0.39 is 24.5 Å². The Labute approximate surface area is 158 Å². The monoisotopic (exact) mass is 372 g/mol. The first kappa shape index (κ1) is 20.2. The number of aryl methyl sites for hydroxylation is 1. The van der Waals surface area contributed by atoms with Gasteiger partial charge in [0.05, 0.1) is 18.2 Å². The van der Waals surface area contributed by atoms with Crippen molar-refractivity contribution in [2.45, 2.75) is 33.7 Å². The van der Waals surface area contributed by atoms with Gasteiger partial charge in [0.15, 0.2) is 6.61 Å². The highest BCUT2D eigenvalue weighted by molar-refractivity contribution is 5.99. The predicted molar refractivity (Wildman–Crippen MR) is 99.5 cm³/mol. The molecule has 1 amide bonds. The molecule has 2 N–H and O–H groups in total. The highest BCUT2D eigenvalue weighted by Crippen LogP contribution is 2.20. The lowest BCUT2D eigenvalue weighted by molar-refractivity contribution is -0.124. The van der Waals surface area contributed by atoms with Gasteiger partial charge in [-0.2, -0.15) is 0 Å². The molecule has 2 aromatic rings. The molecule has 1 aromatic carbocycles. The number of carbonyl (C=O) groups is 3. The molecule has 2 rings (SSSR count). The fourth-order valence-electron chi connectivity index (χ4n) is 2.78. The molecule has 144 valence electrons. The van der Waals surface area contributed by atoms with E-state index in [1.807, 2.05) is 37.3 Å². The number of aromatic nitrogens is 1. The van der Waals surface area contributed by atoms with Gasteiger partial charge in [-0.05, 0) is 38.8 Å². The normalized spacial score (nSPS) is 11.6. The summed E-state index contributed by atoms with van der Waals surface area (Å²) in [5.74, 6) is -1.61. The molecular weight excluding hydrogens is 348 g/mol. The Hall–Kier alpha value is -3.09. The van der Waals surface area contributed by atoms with Crippen LogP contribution >= 0.6 is 0 Å². The Kier molecular flexibility index (Phi) is 6.76.